The van der Waals surface area contributed by atoms with E-state index in [1.807, 2.05) is 13.0 Å². The predicted molar refractivity (Wildman–Crippen MR) is 73.5 cm³/mol. The molecule has 18 heavy (non-hydrogen) atoms. The fourth-order valence-corrected chi connectivity index (χ4v) is 2.30. The van der Waals surface area contributed by atoms with E-state index in [0.29, 0.717) is 6.04 Å². The molecule has 4 nitrogen and oxygen atoms in total. The van der Waals surface area contributed by atoms with E-state index in [-0.39, 0.29) is 5.97 Å². The van der Waals surface area contributed by atoms with Gasteiger partial charge in [0.05, 0.1) is 7.11 Å². The first-order chi connectivity index (χ1) is 8.69. The van der Waals surface area contributed by atoms with Crippen molar-refractivity contribution in [3.05, 3.63) is 11.6 Å². The molecular weight excluding hydrogens is 228 g/mol. The Balaban J connectivity index is 2.23. The van der Waals surface area contributed by atoms with Gasteiger partial charge in [-0.25, -0.2) is 4.79 Å². The average Bonchev–Trinajstić information content (AvgIpc) is 2.91. The number of methoxy groups -OCH3 is 1. The van der Waals surface area contributed by atoms with Crippen molar-refractivity contribution in [3.8, 4) is 0 Å². The van der Waals surface area contributed by atoms with Crippen LogP contribution in [0, 0.1) is 0 Å². The molecule has 1 saturated heterocycles. The van der Waals surface area contributed by atoms with Crippen molar-refractivity contribution in [1.29, 1.82) is 0 Å². The maximum atomic E-state index is 11.4. The van der Waals surface area contributed by atoms with Crippen molar-refractivity contribution in [1.82, 2.24) is 10.2 Å². The van der Waals surface area contributed by atoms with Crippen molar-refractivity contribution in [2.24, 2.45) is 0 Å². The summed E-state index contributed by atoms with van der Waals surface area (Å²) in [6.07, 6.45) is 5.30. The zero-order valence-electron chi connectivity index (χ0n) is 11.9. The van der Waals surface area contributed by atoms with Gasteiger partial charge >= 0.3 is 5.97 Å². The molecule has 4 heteroatoms. The van der Waals surface area contributed by atoms with Crippen molar-refractivity contribution < 1.29 is 9.53 Å². The molecule has 0 aromatic rings. The summed E-state index contributed by atoms with van der Waals surface area (Å²) in [4.78, 5) is 13.9. The molecule has 0 amide bonds. The number of likely N-dealkylation sites (tertiary alicyclic amines) is 1. The fourth-order valence-electron chi connectivity index (χ4n) is 2.30. The maximum absolute atomic E-state index is 11.4. The molecule has 1 aliphatic rings. The fraction of sp³-hybridized carbons (Fsp3) is 0.786. The monoisotopic (exact) mass is 254 g/mol. The van der Waals surface area contributed by atoms with Gasteiger partial charge in [-0.15, -0.1) is 0 Å². The number of hydrogen-bond donors (Lipinski definition) is 1. The van der Waals surface area contributed by atoms with Crippen LogP contribution in [0.4, 0.5) is 0 Å². The maximum Gasteiger partial charge on any atom is 0.333 e. The minimum Gasteiger partial charge on any atom is -0.466 e. The summed E-state index contributed by atoms with van der Waals surface area (Å²) < 4.78 is 4.72. The first kappa shape index (κ1) is 15.2. The topological polar surface area (TPSA) is 41.6 Å². The lowest BCUT2D eigenvalue weighted by Crippen LogP contribution is -2.38. The number of carbonyl (C=O) groups excluding carboxylic acids is 1. The Morgan fingerprint density at radius 2 is 2.11 bits per heavy atom. The summed E-state index contributed by atoms with van der Waals surface area (Å²) in [7, 11) is 1.43. The molecule has 0 saturated carbocycles. The highest BCUT2D eigenvalue weighted by atomic mass is 16.5. The van der Waals surface area contributed by atoms with Gasteiger partial charge < -0.3 is 10.1 Å². The minimum absolute atomic E-state index is 0.216. The molecule has 1 fully saturated rings. The molecule has 0 aromatic heterocycles. The van der Waals surface area contributed by atoms with E-state index in [1.165, 1.54) is 33.0 Å². The number of nitrogens with one attached hydrogen (secondary N) is 1. The molecule has 1 atom stereocenters. The zero-order valence-corrected chi connectivity index (χ0v) is 11.9. The van der Waals surface area contributed by atoms with Crippen LogP contribution in [0.15, 0.2) is 11.6 Å². The van der Waals surface area contributed by atoms with Crippen LogP contribution in [0.1, 0.15) is 33.1 Å². The largest absolute Gasteiger partial charge is 0.466 e. The third kappa shape index (κ3) is 4.78. The van der Waals surface area contributed by atoms with Crippen LogP contribution in [0.25, 0.3) is 0 Å². The second-order valence-electron chi connectivity index (χ2n) is 4.82. The molecule has 0 radical (unpaired) electrons. The van der Waals surface area contributed by atoms with E-state index in [4.69, 9.17) is 4.74 Å². The van der Waals surface area contributed by atoms with Crippen LogP contribution in [-0.2, 0) is 9.53 Å². The number of rotatable bonds is 7. The summed E-state index contributed by atoms with van der Waals surface area (Å²) >= 11 is 0. The van der Waals surface area contributed by atoms with Gasteiger partial charge in [-0.1, -0.05) is 13.0 Å². The van der Waals surface area contributed by atoms with Crippen LogP contribution in [0.5, 0.6) is 0 Å². The van der Waals surface area contributed by atoms with Gasteiger partial charge in [-0.2, -0.15) is 0 Å². The number of carbonyl (C=O) groups is 1. The highest BCUT2D eigenvalue weighted by molar-refractivity contribution is 5.88. The molecule has 1 aliphatic heterocycles. The van der Waals surface area contributed by atoms with Crippen LogP contribution in [0.2, 0.25) is 0 Å². The Kier molecular flexibility index (Phi) is 6.98. The highest BCUT2D eigenvalue weighted by Gasteiger charge is 2.17. The van der Waals surface area contributed by atoms with Gasteiger partial charge in [0.25, 0.3) is 0 Å². The van der Waals surface area contributed by atoms with Crippen molar-refractivity contribution in [2.45, 2.75) is 39.2 Å². The summed E-state index contributed by atoms with van der Waals surface area (Å²) in [5.41, 5.74) is 0.749. The number of esters is 1. The summed E-state index contributed by atoms with van der Waals surface area (Å²) in [5.74, 6) is -0.216. The van der Waals surface area contributed by atoms with Gasteiger partial charge in [0.15, 0.2) is 0 Å². The molecule has 1 rings (SSSR count). The average molecular weight is 254 g/mol. The molecule has 1 heterocycles. The molecule has 1 unspecified atom stereocenters. The standard InChI is InChI=1S/C14H26N2O2/c1-4-13(14(17)18-3)7-8-15-11-12(2)16-9-5-6-10-16/h7,12,15H,4-6,8-11H2,1-3H3. The highest BCUT2D eigenvalue weighted by Crippen LogP contribution is 2.10. The van der Waals surface area contributed by atoms with Gasteiger partial charge in [0, 0.05) is 24.7 Å². The third-order valence-electron chi connectivity index (χ3n) is 3.53. The molecule has 0 aliphatic carbocycles. The van der Waals surface area contributed by atoms with Gasteiger partial charge in [0.1, 0.15) is 0 Å². The summed E-state index contributed by atoms with van der Waals surface area (Å²) in [6.45, 7) is 8.37. The van der Waals surface area contributed by atoms with Crippen LogP contribution in [-0.4, -0.2) is 50.2 Å². The van der Waals surface area contributed by atoms with E-state index >= 15 is 0 Å². The quantitative estimate of drug-likeness (QED) is 0.425. The normalized spacial score (nSPS) is 18.9. The van der Waals surface area contributed by atoms with E-state index < -0.39 is 0 Å². The van der Waals surface area contributed by atoms with Crippen LogP contribution in [0.3, 0.4) is 0 Å². The lowest BCUT2D eigenvalue weighted by atomic mass is 10.2. The lowest BCUT2D eigenvalue weighted by Gasteiger charge is -2.23. The van der Waals surface area contributed by atoms with E-state index in [2.05, 4.69) is 17.1 Å². The Morgan fingerprint density at radius 3 is 2.67 bits per heavy atom. The number of ether oxygens (including phenoxy) is 1. The van der Waals surface area contributed by atoms with E-state index in [1.54, 1.807) is 0 Å². The SMILES string of the molecule is CCC(=CCNCC(C)N1CCCC1)C(=O)OC. The molecular formula is C14H26N2O2. The Bertz CT molecular complexity index is 284. The second kappa shape index (κ2) is 8.27. The van der Waals surface area contributed by atoms with Crippen molar-refractivity contribution in [2.75, 3.05) is 33.3 Å². The van der Waals surface area contributed by atoms with Gasteiger partial charge in [-0.05, 0) is 39.3 Å². The number of hydrogen-bond acceptors (Lipinski definition) is 4. The first-order valence-corrected chi connectivity index (χ1v) is 6.91. The number of nitrogens with zero attached hydrogens (tertiary/aromatic N) is 1. The summed E-state index contributed by atoms with van der Waals surface area (Å²) in [6, 6.07) is 0.573. The molecule has 104 valence electrons. The van der Waals surface area contributed by atoms with E-state index in [9.17, 15) is 4.79 Å². The Hall–Kier alpha value is -0.870. The van der Waals surface area contributed by atoms with Crippen LogP contribution >= 0.6 is 0 Å². The second-order valence-corrected chi connectivity index (χ2v) is 4.82. The Labute approximate surface area is 110 Å². The van der Waals surface area contributed by atoms with Crippen molar-refractivity contribution in [3.63, 3.8) is 0 Å². The Morgan fingerprint density at radius 1 is 1.44 bits per heavy atom. The third-order valence-corrected chi connectivity index (χ3v) is 3.53. The van der Waals surface area contributed by atoms with Gasteiger partial charge in [-0.3, -0.25) is 4.90 Å². The van der Waals surface area contributed by atoms with Gasteiger partial charge in [0.2, 0.25) is 0 Å². The minimum atomic E-state index is -0.216. The molecule has 0 aromatic carbocycles. The molecule has 1 N–H and O–H groups in total. The molecule has 0 spiro atoms. The van der Waals surface area contributed by atoms with Crippen LogP contribution < -0.4 is 5.32 Å². The summed E-state index contributed by atoms with van der Waals surface area (Å²) in [5, 5.41) is 3.38. The molecule has 0 bridgehead atoms. The van der Waals surface area contributed by atoms with Crippen molar-refractivity contribution >= 4 is 5.97 Å². The predicted octanol–water partition coefficient (Wildman–Crippen LogP) is 1.57. The first-order valence-electron chi connectivity index (χ1n) is 6.91. The zero-order chi connectivity index (χ0) is 13.4. The van der Waals surface area contributed by atoms with E-state index in [0.717, 1.165) is 25.1 Å². The lowest BCUT2D eigenvalue weighted by molar-refractivity contribution is -0.136. The smallest absolute Gasteiger partial charge is 0.333 e.